The summed E-state index contributed by atoms with van der Waals surface area (Å²) >= 11 is 9.20. The molecule has 0 spiro atoms. The molecule has 0 aliphatic carbocycles. The van der Waals surface area contributed by atoms with Gasteiger partial charge in [-0.2, -0.15) is 0 Å². The smallest absolute Gasteiger partial charge is 0.169 e. The minimum absolute atomic E-state index is 0.646. The van der Waals surface area contributed by atoms with Gasteiger partial charge in [0.25, 0.3) is 0 Å². The number of hydrogen-bond acceptors (Lipinski definition) is 2. The van der Waals surface area contributed by atoms with E-state index in [1.807, 2.05) is 37.3 Å². The van der Waals surface area contributed by atoms with Crippen molar-refractivity contribution in [3.05, 3.63) is 51.3 Å². The predicted octanol–water partition coefficient (Wildman–Crippen LogP) is 4.62. The average molecular weight is 301 g/mol. The Hall–Kier alpha value is -0.930. The minimum Gasteiger partial charge on any atom is -0.452 e. The molecule has 4 heteroatoms. The highest BCUT2D eigenvalue weighted by molar-refractivity contribution is 9.10. The van der Waals surface area contributed by atoms with Crippen LogP contribution in [0.3, 0.4) is 0 Å². The standard InChI is InChI=1S/C12H11BrClNO/c1-8-2-3-9(14)6-11(8)15-7-10-4-5-12(13)16-10/h2-6,15H,7H2,1H3. The van der Waals surface area contributed by atoms with E-state index in [0.717, 1.165) is 26.7 Å². The third-order valence-corrected chi connectivity index (χ3v) is 2.94. The monoisotopic (exact) mass is 299 g/mol. The Bertz CT molecular complexity index is 496. The zero-order valence-electron chi connectivity index (χ0n) is 8.76. The molecule has 0 atom stereocenters. The lowest BCUT2D eigenvalue weighted by Crippen LogP contribution is -1.99. The number of hydrogen-bond donors (Lipinski definition) is 1. The van der Waals surface area contributed by atoms with Gasteiger partial charge in [-0.25, -0.2) is 0 Å². The van der Waals surface area contributed by atoms with Crippen molar-refractivity contribution in [3.8, 4) is 0 Å². The fraction of sp³-hybridized carbons (Fsp3) is 0.167. The molecule has 2 aromatic rings. The summed E-state index contributed by atoms with van der Waals surface area (Å²) in [5, 5.41) is 4.01. The van der Waals surface area contributed by atoms with E-state index < -0.39 is 0 Å². The van der Waals surface area contributed by atoms with Crippen molar-refractivity contribution in [3.63, 3.8) is 0 Å². The molecule has 2 rings (SSSR count). The topological polar surface area (TPSA) is 25.2 Å². The second-order valence-electron chi connectivity index (χ2n) is 3.52. The van der Waals surface area contributed by atoms with Crippen LogP contribution >= 0.6 is 27.5 Å². The molecule has 0 aliphatic heterocycles. The fourth-order valence-corrected chi connectivity index (χ4v) is 1.93. The summed E-state index contributed by atoms with van der Waals surface area (Å²) in [6.45, 7) is 2.68. The van der Waals surface area contributed by atoms with Crippen LogP contribution < -0.4 is 5.32 Å². The van der Waals surface area contributed by atoms with Gasteiger partial charge in [0, 0.05) is 10.7 Å². The van der Waals surface area contributed by atoms with E-state index in [2.05, 4.69) is 21.2 Å². The first-order valence-corrected chi connectivity index (χ1v) is 6.06. The highest BCUT2D eigenvalue weighted by Gasteiger charge is 2.02. The average Bonchev–Trinajstić information content (AvgIpc) is 2.66. The molecule has 0 fully saturated rings. The molecule has 0 bridgehead atoms. The molecule has 1 aromatic carbocycles. The molecule has 0 aliphatic rings. The first-order chi connectivity index (χ1) is 7.65. The first kappa shape index (κ1) is 11.6. The van der Waals surface area contributed by atoms with Crippen LogP contribution in [0.15, 0.2) is 39.4 Å². The Kier molecular flexibility index (Phi) is 3.56. The zero-order chi connectivity index (χ0) is 11.5. The van der Waals surface area contributed by atoms with E-state index in [4.69, 9.17) is 16.0 Å². The van der Waals surface area contributed by atoms with Crippen LogP contribution in [0, 0.1) is 6.92 Å². The SMILES string of the molecule is Cc1ccc(Cl)cc1NCc1ccc(Br)o1. The molecule has 84 valence electrons. The van der Waals surface area contributed by atoms with Gasteiger partial charge in [0.15, 0.2) is 4.67 Å². The van der Waals surface area contributed by atoms with Crippen molar-refractivity contribution >= 4 is 33.2 Å². The Morgan fingerprint density at radius 2 is 2.12 bits per heavy atom. The van der Waals surface area contributed by atoms with Crippen LogP contribution in [0.2, 0.25) is 5.02 Å². The van der Waals surface area contributed by atoms with Gasteiger partial charge in [-0.3, -0.25) is 0 Å². The van der Waals surface area contributed by atoms with Gasteiger partial charge in [-0.15, -0.1) is 0 Å². The summed E-state index contributed by atoms with van der Waals surface area (Å²) < 4.78 is 6.14. The number of furan rings is 1. The Morgan fingerprint density at radius 3 is 2.81 bits per heavy atom. The third kappa shape index (κ3) is 2.80. The minimum atomic E-state index is 0.646. The van der Waals surface area contributed by atoms with Crippen LogP contribution in [-0.2, 0) is 6.54 Å². The van der Waals surface area contributed by atoms with E-state index in [1.165, 1.54) is 0 Å². The van der Waals surface area contributed by atoms with Gasteiger partial charge < -0.3 is 9.73 Å². The fourth-order valence-electron chi connectivity index (χ4n) is 1.41. The molecular formula is C12H11BrClNO. The Balaban J connectivity index is 2.07. The molecule has 1 aromatic heterocycles. The van der Waals surface area contributed by atoms with Gasteiger partial charge >= 0.3 is 0 Å². The van der Waals surface area contributed by atoms with Gasteiger partial charge in [0.1, 0.15) is 5.76 Å². The molecule has 0 unspecified atom stereocenters. The van der Waals surface area contributed by atoms with Crippen molar-refractivity contribution in [1.82, 2.24) is 0 Å². The number of halogens is 2. The number of benzene rings is 1. The number of nitrogens with one attached hydrogen (secondary N) is 1. The van der Waals surface area contributed by atoms with E-state index in [0.29, 0.717) is 6.54 Å². The predicted molar refractivity (Wildman–Crippen MR) is 69.9 cm³/mol. The van der Waals surface area contributed by atoms with Crippen LogP contribution in [0.1, 0.15) is 11.3 Å². The number of anilines is 1. The van der Waals surface area contributed by atoms with E-state index in [1.54, 1.807) is 0 Å². The van der Waals surface area contributed by atoms with Crippen LogP contribution in [0.4, 0.5) is 5.69 Å². The highest BCUT2D eigenvalue weighted by atomic mass is 79.9. The van der Waals surface area contributed by atoms with Gasteiger partial charge in [-0.1, -0.05) is 17.7 Å². The summed E-state index contributed by atoms with van der Waals surface area (Å²) in [4.78, 5) is 0. The number of rotatable bonds is 3. The summed E-state index contributed by atoms with van der Waals surface area (Å²) in [6, 6.07) is 9.59. The van der Waals surface area contributed by atoms with Crippen molar-refractivity contribution in [2.45, 2.75) is 13.5 Å². The van der Waals surface area contributed by atoms with Crippen molar-refractivity contribution in [1.29, 1.82) is 0 Å². The lowest BCUT2D eigenvalue weighted by molar-refractivity contribution is 0.495. The third-order valence-electron chi connectivity index (χ3n) is 2.28. The maximum atomic E-state index is 5.93. The molecular weight excluding hydrogens is 289 g/mol. The van der Waals surface area contributed by atoms with Crippen LogP contribution in [-0.4, -0.2) is 0 Å². The molecule has 0 saturated heterocycles. The molecule has 1 N–H and O–H groups in total. The summed E-state index contributed by atoms with van der Waals surface area (Å²) in [7, 11) is 0. The first-order valence-electron chi connectivity index (χ1n) is 4.89. The van der Waals surface area contributed by atoms with E-state index >= 15 is 0 Å². The zero-order valence-corrected chi connectivity index (χ0v) is 11.1. The lowest BCUT2D eigenvalue weighted by Gasteiger charge is -2.08. The Labute approximate surface area is 108 Å². The van der Waals surface area contributed by atoms with Crippen LogP contribution in [0.25, 0.3) is 0 Å². The second-order valence-corrected chi connectivity index (χ2v) is 4.74. The van der Waals surface area contributed by atoms with Crippen molar-refractivity contribution < 1.29 is 4.42 Å². The Morgan fingerprint density at radius 1 is 1.31 bits per heavy atom. The van der Waals surface area contributed by atoms with Gasteiger partial charge in [0.05, 0.1) is 6.54 Å². The largest absolute Gasteiger partial charge is 0.452 e. The summed E-state index contributed by atoms with van der Waals surface area (Å²) in [5.41, 5.74) is 2.19. The maximum Gasteiger partial charge on any atom is 0.169 e. The summed E-state index contributed by atoms with van der Waals surface area (Å²) in [6.07, 6.45) is 0. The van der Waals surface area contributed by atoms with Gasteiger partial charge in [-0.05, 0) is 52.7 Å². The summed E-state index contributed by atoms with van der Waals surface area (Å²) in [5.74, 6) is 0.881. The molecule has 2 nitrogen and oxygen atoms in total. The highest BCUT2D eigenvalue weighted by Crippen LogP contribution is 2.21. The van der Waals surface area contributed by atoms with Gasteiger partial charge in [0.2, 0.25) is 0 Å². The maximum absolute atomic E-state index is 5.93. The molecule has 0 radical (unpaired) electrons. The molecule has 1 heterocycles. The normalized spacial score (nSPS) is 10.4. The van der Waals surface area contributed by atoms with Crippen LogP contribution in [0.5, 0.6) is 0 Å². The van der Waals surface area contributed by atoms with Crippen molar-refractivity contribution in [2.24, 2.45) is 0 Å². The lowest BCUT2D eigenvalue weighted by atomic mass is 10.2. The van der Waals surface area contributed by atoms with Crippen molar-refractivity contribution in [2.75, 3.05) is 5.32 Å². The second kappa shape index (κ2) is 4.93. The molecule has 0 saturated carbocycles. The molecule has 16 heavy (non-hydrogen) atoms. The number of aryl methyl sites for hydroxylation is 1. The van der Waals surface area contributed by atoms with E-state index in [-0.39, 0.29) is 0 Å². The molecule has 0 amide bonds. The quantitative estimate of drug-likeness (QED) is 0.895. The van der Waals surface area contributed by atoms with E-state index in [9.17, 15) is 0 Å².